The molecule has 122 valence electrons. The van der Waals surface area contributed by atoms with Crippen LogP contribution in [0.5, 0.6) is 0 Å². The molecule has 0 bridgehead atoms. The lowest BCUT2D eigenvalue weighted by Gasteiger charge is -2.26. The summed E-state index contributed by atoms with van der Waals surface area (Å²) in [5.41, 5.74) is 2.14. The average molecular weight is 314 g/mol. The second-order valence-electron chi connectivity index (χ2n) is 5.61. The molecule has 0 amide bonds. The summed E-state index contributed by atoms with van der Waals surface area (Å²) in [7, 11) is 0. The van der Waals surface area contributed by atoms with E-state index in [4.69, 9.17) is 4.74 Å². The van der Waals surface area contributed by atoms with Crippen molar-refractivity contribution in [3.8, 4) is 0 Å². The number of carbonyl (C=O) groups is 1. The van der Waals surface area contributed by atoms with Gasteiger partial charge < -0.3 is 10.1 Å². The lowest BCUT2D eigenvalue weighted by atomic mass is 10.1. The molecule has 1 aliphatic heterocycles. The van der Waals surface area contributed by atoms with Gasteiger partial charge in [0.2, 0.25) is 5.78 Å². The Hall–Kier alpha value is -2.18. The van der Waals surface area contributed by atoms with Crippen LogP contribution in [0.3, 0.4) is 0 Å². The smallest absolute Gasteiger partial charge is 0.210 e. The molecular formula is C17H22N4O2. The van der Waals surface area contributed by atoms with E-state index in [0.29, 0.717) is 11.3 Å². The molecule has 2 aromatic rings. The maximum absolute atomic E-state index is 12.3. The summed E-state index contributed by atoms with van der Waals surface area (Å²) in [6.45, 7) is 5.68. The SMILES string of the molecule is O=C(c1cccc(NCCCN2CCOCC2)c1)c1ccn[nH]1. The highest BCUT2D eigenvalue weighted by Crippen LogP contribution is 2.14. The second-order valence-corrected chi connectivity index (χ2v) is 5.61. The standard InChI is InChI=1S/C17H22N4O2/c22-17(16-5-7-19-20-16)14-3-1-4-15(13-14)18-6-2-8-21-9-11-23-12-10-21/h1,3-5,7,13,18H,2,6,8-12H2,(H,19,20). The predicted octanol–water partition coefficient (Wildman–Crippen LogP) is 1.77. The summed E-state index contributed by atoms with van der Waals surface area (Å²) >= 11 is 0. The van der Waals surface area contributed by atoms with E-state index >= 15 is 0 Å². The van der Waals surface area contributed by atoms with Gasteiger partial charge in [-0.1, -0.05) is 12.1 Å². The van der Waals surface area contributed by atoms with E-state index < -0.39 is 0 Å². The van der Waals surface area contributed by atoms with Gasteiger partial charge in [-0.15, -0.1) is 0 Å². The molecule has 1 aromatic carbocycles. The van der Waals surface area contributed by atoms with Gasteiger partial charge in [-0.2, -0.15) is 5.10 Å². The number of H-pyrrole nitrogens is 1. The zero-order valence-electron chi connectivity index (χ0n) is 13.1. The van der Waals surface area contributed by atoms with Crippen LogP contribution in [0.1, 0.15) is 22.5 Å². The monoisotopic (exact) mass is 314 g/mol. The molecule has 1 aromatic heterocycles. The number of ether oxygens (including phenoxy) is 1. The van der Waals surface area contributed by atoms with Crippen molar-refractivity contribution < 1.29 is 9.53 Å². The van der Waals surface area contributed by atoms with Gasteiger partial charge in [0, 0.05) is 37.1 Å². The number of morpholine rings is 1. The normalized spacial score (nSPS) is 15.5. The molecule has 23 heavy (non-hydrogen) atoms. The highest BCUT2D eigenvalue weighted by atomic mass is 16.5. The van der Waals surface area contributed by atoms with Gasteiger partial charge in [-0.25, -0.2) is 0 Å². The number of hydrogen-bond acceptors (Lipinski definition) is 5. The molecule has 0 saturated carbocycles. The van der Waals surface area contributed by atoms with Crippen molar-refractivity contribution in [1.29, 1.82) is 0 Å². The third-order valence-electron chi connectivity index (χ3n) is 3.95. The van der Waals surface area contributed by atoms with Crippen LogP contribution >= 0.6 is 0 Å². The Balaban J connectivity index is 1.48. The zero-order chi connectivity index (χ0) is 15.9. The molecular weight excluding hydrogens is 292 g/mol. The number of benzene rings is 1. The second kappa shape index (κ2) is 7.89. The van der Waals surface area contributed by atoms with E-state index in [1.807, 2.05) is 24.3 Å². The van der Waals surface area contributed by atoms with Crippen LogP contribution in [0.2, 0.25) is 0 Å². The lowest BCUT2D eigenvalue weighted by molar-refractivity contribution is 0.0378. The van der Waals surface area contributed by atoms with Crippen molar-refractivity contribution in [2.75, 3.05) is 44.7 Å². The van der Waals surface area contributed by atoms with E-state index in [2.05, 4.69) is 20.4 Å². The minimum Gasteiger partial charge on any atom is -0.385 e. The molecule has 0 spiro atoms. The maximum atomic E-state index is 12.3. The number of ketones is 1. The molecule has 3 rings (SSSR count). The third-order valence-corrected chi connectivity index (χ3v) is 3.95. The van der Waals surface area contributed by atoms with Gasteiger partial charge in [0.05, 0.1) is 13.2 Å². The van der Waals surface area contributed by atoms with Crippen molar-refractivity contribution in [3.63, 3.8) is 0 Å². The summed E-state index contributed by atoms with van der Waals surface area (Å²) in [5, 5.41) is 9.92. The van der Waals surface area contributed by atoms with Crippen molar-refractivity contribution in [1.82, 2.24) is 15.1 Å². The van der Waals surface area contributed by atoms with Crippen LogP contribution in [0.4, 0.5) is 5.69 Å². The van der Waals surface area contributed by atoms with Crippen molar-refractivity contribution in [3.05, 3.63) is 47.8 Å². The van der Waals surface area contributed by atoms with Crippen LogP contribution in [-0.4, -0.2) is 60.3 Å². The number of anilines is 1. The fraction of sp³-hybridized carbons (Fsp3) is 0.412. The number of nitrogens with one attached hydrogen (secondary N) is 2. The quantitative estimate of drug-likeness (QED) is 0.602. The Labute approximate surface area is 135 Å². The molecule has 2 N–H and O–H groups in total. The highest BCUT2D eigenvalue weighted by molar-refractivity contribution is 6.08. The van der Waals surface area contributed by atoms with Gasteiger partial charge >= 0.3 is 0 Å². The lowest BCUT2D eigenvalue weighted by Crippen LogP contribution is -2.37. The first kappa shape index (κ1) is 15.7. The van der Waals surface area contributed by atoms with Crippen LogP contribution in [-0.2, 0) is 4.74 Å². The summed E-state index contributed by atoms with van der Waals surface area (Å²) in [5.74, 6) is -0.0422. The first-order valence-corrected chi connectivity index (χ1v) is 8.01. The molecule has 0 radical (unpaired) electrons. The predicted molar refractivity (Wildman–Crippen MR) is 88.8 cm³/mol. The largest absolute Gasteiger partial charge is 0.385 e. The van der Waals surface area contributed by atoms with Gasteiger partial charge in [0.15, 0.2) is 0 Å². The molecule has 2 heterocycles. The van der Waals surface area contributed by atoms with Gasteiger partial charge in [0.25, 0.3) is 0 Å². The van der Waals surface area contributed by atoms with Crippen molar-refractivity contribution >= 4 is 11.5 Å². The number of aromatic nitrogens is 2. The average Bonchev–Trinajstić information content (AvgIpc) is 3.14. The van der Waals surface area contributed by atoms with Crippen molar-refractivity contribution in [2.24, 2.45) is 0 Å². The van der Waals surface area contributed by atoms with Gasteiger partial charge in [0.1, 0.15) is 5.69 Å². The number of rotatable bonds is 7. The molecule has 0 atom stereocenters. The summed E-state index contributed by atoms with van der Waals surface area (Å²) in [4.78, 5) is 14.7. The number of aromatic amines is 1. The van der Waals surface area contributed by atoms with Crippen molar-refractivity contribution in [2.45, 2.75) is 6.42 Å². The van der Waals surface area contributed by atoms with Crippen LogP contribution in [0, 0.1) is 0 Å². The van der Waals surface area contributed by atoms with Crippen LogP contribution in [0.15, 0.2) is 36.5 Å². The van der Waals surface area contributed by atoms with Gasteiger partial charge in [-0.05, 0) is 31.2 Å². The summed E-state index contributed by atoms with van der Waals surface area (Å²) in [6.07, 6.45) is 2.65. The fourth-order valence-electron chi connectivity index (χ4n) is 2.67. The molecule has 6 nitrogen and oxygen atoms in total. The van der Waals surface area contributed by atoms with E-state index in [0.717, 1.165) is 51.5 Å². The Morgan fingerprint density at radius 1 is 1.30 bits per heavy atom. The minimum atomic E-state index is -0.0422. The molecule has 0 unspecified atom stereocenters. The van der Waals surface area contributed by atoms with E-state index in [-0.39, 0.29) is 5.78 Å². The zero-order valence-corrected chi connectivity index (χ0v) is 13.1. The highest BCUT2D eigenvalue weighted by Gasteiger charge is 2.11. The Morgan fingerprint density at radius 2 is 2.17 bits per heavy atom. The van der Waals surface area contributed by atoms with E-state index in [1.54, 1.807) is 12.3 Å². The first-order valence-electron chi connectivity index (χ1n) is 8.01. The van der Waals surface area contributed by atoms with Crippen LogP contribution in [0.25, 0.3) is 0 Å². The molecule has 6 heteroatoms. The molecule has 1 aliphatic rings. The number of carbonyl (C=O) groups excluding carboxylic acids is 1. The Bertz CT molecular complexity index is 621. The molecule has 1 fully saturated rings. The van der Waals surface area contributed by atoms with Crippen LogP contribution < -0.4 is 5.32 Å². The Morgan fingerprint density at radius 3 is 2.96 bits per heavy atom. The third kappa shape index (κ3) is 4.40. The summed E-state index contributed by atoms with van der Waals surface area (Å²) in [6, 6.07) is 9.27. The molecule has 1 saturated heterocycles. The van der Waals surface area contributed by atoms with Gasteiger partial charge in [-0.3, -0.25) is 14.8 Å². The number of nitrogens with zero attached hydrogens (tertiary/aromatic N) is 2. The summed E-state index contributed by atoms with van der Waals surface area (Å²) < 4.78 is 5.35. The first-order chi connectivity index (χ1) is 11.3. The Kier molecular flexibility index (Phi) is 5.39. The number of hydrogen-bond donors (Lipinski definition) is 2. The van der Waals surface area contributed by atoms with E-state index in [1.165, 1.54) is 0 Å². The van der Waals surface area contributed by atoms with E-state index in [9.17, 15) is 4.79 Å². The topological polar surface area (TPSA) is 70.2 Å². The molecule has 0 aliphatic carbocycles. The maximum Gasteiger partial charge on any atom is 0.210 e. The fourth-order valence-corrected chi connectivity index (χ4v) is 2.67. The minimum absolute atomic E-state index is 0.0422.